The molecule has 1 aliphatic heterocycles. The van der Waals surface area contributed by atoms with Crippen molar-refractivity contribution < 1.29 is 13.2 Å². The second-order valence-corrected chi connectivity index (χ2v) is 8.86. The Bertz CT molecular complexity index is 576. The minimum absolute atomic E-state index is 0.0521. The van der Waals surface area contributed by atoms with E-state index in [2.05, 4.69) is 16.8 Å². The van der Waals surface area contributed by atoms with Crippen molar-refractivity contribution in [3.63, 3.8) is 0 Å². The van der Waals surface area contributed by atoms with Crippen LogP contribution < -0.4 is 5.32 Å². The third kappa shape index (κ3) is 4.54. The first-order chi connectivity index (χ1) is 10.4. The maximum absolute atomic E-state index is 12.3. The van der Waals surface area contributed by atoms with Crippen LogP contribution in [0.4, 0.5) is 0 Å². The van der Waals surface area contributed by atoms with E-state index in [-0.39, 0.29) is 23.6 Å². The standard InChI is InChI=1S/C15H24N2O3S2/c1-3-22(19,20)17-7-4-14(5-8-17)15(18)16-12(2)10-13-6-9-21-11-13/h6,9,11-12,14H,3-5,7-8,10H2,1-2H3,(H,16,18). The van der Waals surface area contributed by atoms with Crippen molar-refractivity contribution in [3.05, 3.63) is 22.4 Å². The SMILES string of the molecule is CCS(=O)(=O)N1CCC(C(=O)NC(C)Cc2ccsc2)CC1. The van der Waals surface area contributed by atoms with E-state index in [1.54, 1.807) is 18.3 Å². The second-order valence-electron chi connectivity index (χ2n) is 5.82. The highest BCUT2D eigenvalue weighted by Gasteiger charge is 2.30. The van der Waals surface area contributed by atoms with E-state index in [1.807, 2.05) is 12.3 Å². The number of nitrogens with one attached hydrogen (secondary N) is 1. The van der Waals surface area contributed by atoms with Gasteiger partial charge in [0.15, 0.2) is 0 Å². The summed E-state index contributed by atoms with van der Waals surface area (Å²) >= 11 is 1.66. The zero-order chi connectivity index (χ0) is 16.2. The molecule has 1 aromatic heterocycles. The highest BCUT2D eigenvalue weighted by Crippen LogP contribution is 2.20. The number of nitrogens with zero attached hydrogens (tertiary/aromatic N) is 1. The molecule has 7 heteroatoms. The molecule has 0 spiro atoms. The first kappa shape index (κ1) is 17.4. The van der Waals surface area contributed by atoms with E-state index in [0.29, 0.717) is 25.9 Å². The molecule has 1 N–H and O–H groups in total. The van der Waals surface area contributed by atoms with Crippen LogP contribution in [0.3, 0.4) is 0 Å². The van der Waals surface area contributed by atoms with E-state index in [9.17, 15) is 13.2 Å². The Morgan fingerprint density at radius 1 is 1.45 bits per heavy atom. The quantitative estimate of drug-likeness (QED) is 0.856. The smallest absolute Gasteiger partial charge is 0.223 e. The number of rotatable bonds is 6. The number of hydrogen-bond acceptors (Lipinski definition) is 4. The monoisotopic (exact) mass is 344 g/mol. The fourth-order valence-corrected chi connectivity index (χ4v) is 4.57. The predicted octanol–water partition coefficient (Wildman–Crippen LogP) is 1.86. The van der Waals surface area contributed by atoms with Gasteiger partial charge in [0.2, 0.25) is 15.9 Å². The van der Waals surface area contributed by atoms with E-state index >= 15 is 0 Å². The molecule has 2 heterocycles. The van der Waals surface area contributed by atoms with Crippen LogP contribution in [0.1, 0.15) is 32.3 Å². The molecule has 1 fully saturated rings. The number of hydrogen-bond donors (Lipinski definition) is 1. The van der Waals surface area contributed by atoms with Crippen LogP contribution in [0.2, 0.25) is 0 Å². The maximum atomic E-state index is 12.3. The minimum Gasteiger partial charge on any atom is -0.353 e. The topological polar surface area (TPSA) is 66.5 Å². The molecule has 1 atom stereocenters. The lowest BCUT2D eigenvalue weighted by molar-refractivity contribution is -0.126. The Morgan fingerprint density at radius 3 is 2.68 bits per heavy atom. The highest BCUT2D eigenvalue weighted by atomic mass is 32.2. The Hall–Kier alpha value is -0.920. The van der Waals surface area contributed by atoms with E-state index in [1.165, 1.54) is 9.87 Å². The summed E-state index contributed by atoms with van der Waals surface area (Å²) in [5.41, 5.74) is 1.24. The Kier molecular flexibility index (Phi) is 6.00. The van der Waals surface area contributed by atoms with Crippen molar-refractivity contribution in [1.29, 1.82) is 0 Å². The van der Waals surface area contributed by atoms with Crippen molar-refractivity contribution in [2.75, 3.05) is 18.8 Å². The summed E-state index contributed by atoms with van der Waals surface area (Å²) in [4.78, 5) is 12.3. The molecule has 1 aliphatic rings. The minimum atomic E-state index is -3.12. The van der Waals surface area contributed by atoms with Crippen LogP contribution in [0, 0.1) is 5.92 Å². The van der Waals surface area contributed by atoms with Crippen molar-refractivity contribution in [1.82, 2.24) is 9.62 Å². The van der Waals surface area contributed by atoms with Crippen molar-refractivity contribution in [3.8, 4) is 0 Å². The average molecular weight is 345 g/mol. The van der Waals surface area contributed by atoms with Crippen LogP contribution in [0.5, 0.6) is 0 Å². The number of carbonyl (C=O) groups excluding carboxylic acids is 1. The van der Waals surface area contributed by atoms with Crippen LogP contribution >= 0.6 is 11.3 Å². The normalized spacial score (nSPS) is 19.0. The molecular formula is C15H24N2O3S2. The lowest BCUT2D eigenvalue weighted by Gasteiger charge is -2.30. The van der Waals surface area contributed by atoms with Gasteiger partial charge >= 0.3 is 0 Å². The van der Waals surface area contributed by atoms with Gasteiger partial charge in [0, 0.05) is 25.0 Å². The second kappa shape index (κ2) is 7.57. The van der Waals surface area contributed by atoms with Gasteiger partial charge in [-0.1, -0.05) is 0 Å². The molecule has 22 heavy (non-hydrogen) atoms. The molecular weight excluding hydrogens is 320 g/mol. The molecule has 5 nitrogen and oxygen atoms in total. The lowest BCUT2D eigenvalue weighted by Crippen LogP contribution is -2.45. The zero-order valence-corrected chi connectivity index (χ0v) is 14.8. The summed E-state index contributed by atoms with van der Waals surface area (Å²) in [6, 6.07) is 2.17. The average Bonchev–Trinajstić information content (AvgIpc) is 3.00. The van der Waals surface area contributed by atoms with Gasteiger partial charge in [-0.2, -0.15) is 11.3 Å². The molecule has 0 aromatic carbocycles. The van der Waals surface area contributed by atoms with Crippen LogP contribution in [0.25, 0.3) is 0 Å². The summed E-state index contributed by atoms with van der Waals surface area (Å²) in [5, 5.41) is 7.18. The summed E-state index contributed by atoms with van der Waals surface area (Å²) in [5.74, 6) is 0.103. The van der Waals surface area contributed by atoms with Gasteiger partial charge in [-0.25, -0.2) is 12.7 Å². The fraction of sp³-hybridized carbons (Fsp3) is 0.667. The van der Waals surface area contributed by atoms with E-state index in [0.717, 1.165) is 6.42 Å². The van der Waals surface area contributed by atoms with Gasteiger partial charge in [0.05, 0.1) is 5.75 Å². The first-order valence-electron chi connectivity index (χ1n) is 7.71. The molecule has 124 valence electrons. The van der Waals surface area contributed by atoms with Gasteiger partial charge in [-0.05, 0) is 55.5 Å². The van der Waals surface area contributed by atoms with E-state index < -0.39 is 10.0 Å². The number of carbonyl (C=O) groups is 1. The lowest BCUT2D eigenvalue weighted by atomic mass is 9.96. The molecule has 1 aromatic rings. The predicted molar refractivity (Wildman–Crippen MR) is 89.4 cm³/mol. The number of amides is 1. The number of sulfonamides is 1. The highest BCUT2D eigenvalue weighted by molar-refractivity contribution is 7.89. The largest absolute Gasteiger partial charge is 0.353 e. The molecule has 2 rings (SSSR count). The summed E-state index contributed by atoms with van der Waals surface area (Å²) < 4.78 is 25.1. The zero-order valence-electron chi connectivity index (χ0n) is 13.1. The Balaban J connectivity index is 1.80. The molecule has 0 radical (unpaired) electrons. The van der Waals surface area contributed by atoms with Crippen molar-refractivity contribution in [2.45, 2.75) is 39.2 Å². The van der Waals surface area contributed by atoms with Crippen LogP contribution in [-0.4, -0.2) is 43.5 Å². The van der Waals surface area contributed by atoms with Gasteiger partial charge in [0.1, 0.15) is 0 Å². The summed E-state index contributed by atoms with van der Waals surface area (Å²) in [6.45, 7) is 4.56. The van der Waals surface area contributed by atoms with Gasteiger partial charge in [-0.15, -0.1) is 0 Å². The fourth-order valence-electron chi connectivity index (χ4n) is 2.75. The molecule has 0 bridgehead atoms. The Labute approximate surface area is 136 Å². The molecule has 1 amide bonds. The number of thiophene rings is 1. The molecule has 0 saturated carbocycles. The maximum Gasteiger partial charge on any atom is 0.223 e. The van der Waals surface area contributed by atoms with Crippen molar-refractivity contribution in [2.24, 2.45) is 5.92 Å². The third-order valence-electron chi connectivity index (χ3n) is 4.09. The molecule has 1 unspecified atom stereocenters. The summed E-state index contributed by atoms with van der Waals surface area (Å²) in [7, 11) is -3.12. The van der Waals surface area contributed by atoms with Gasteiger partial charge in [0.25, 0.3) is 0 Å². The Morgan fingerprint density at radius 2 is 2.14 bits per heavy atom. The first-order valence-corrected chi connectivity index (χ1v) is 10.3. The summed E-state index contributed by atoms with van der Waals surface area (Å²) in [6.07, 6.45) is 2.05. The van der Waals surface area contributed by atoms with Gasteiger partial charge < -0.3 is 5.32 Å². The third-order valence-corrected chi connectivity index (χ3v) is 6.71. The van der Waals surface area contributed by atoms with E-state index in [4.69, 9.17) is 0 Å². The molecule has 0 aliphatic carbocycles. The van der Waals surface area contributed by atoms with Gasteiger partial charge in [-0.3, -0.25) is 4.79 Å². The molecule has 1 saturated heterocycles. The van der Waals surface area contributed by atoms with Crippen LogP contribution in [0.15, 0.2) is 16.8 Å². The number of piperidine rings is 1. The van der Waals surface area contributed by atoms with Crippen LogP contribution in [-0.2, 0) is 21.2 Å². The van der Waals surface area contributed by atoms with Crippen molar-refractivity contribution >= 4 is 27.3 Å².